The first-order valence-corrected chi connectivity index (χ1v) is 4.79. The molecule has 0 spiro atoms. The maximum absolute atomic E-state index is 5.64. The minimum absolute atomic E-state index is 0.0174. The van der Waals surface area contributed by atoms with Crippen LogP contribution in [0.1, 0.15) is 18.6 Å². The van der Waals surface area contributed by atoms with Crippen LogP contribution in [-0.4, -0.2) is 16.2 Å². The summed E-state index contributed by atoms with van der Waals surface area (Å²) in [6.07, 6.45) is 2.19. The minimum Gasteiger partial charge on any atom is -0.469 e. The highest BCUT2D eigenvalue weighted by Gasteiger charge is 2.13. The minimum atomic E-state index is 0.0174. The number of aryl methyl sites for hydroxylation is 1. The van der Waals surface area contributed by atoms with Gasteiger partial charge in [-0.2, -0.15) is 4.98 Å². The van der Waals surface area contributed by atoms with Crippen molar-refractivity contribution in [1.29, 1.82) is 0 Å². The van der Waals surface area contributed by atoms with E-state index >= 15 is 0 Å². The first kappa shape index (κ1) is 9.92. The second-order valence-electron chi connectivity index (χ2n) is 3.58. The van der Waals surface area contributed by atoms with Crippen molar-refractivity contribution in [1.82, 2.24) is 10.1 Å². The summed E-state index contributed by atoms with van der Waals surface area (Å²) in [6.45, 7) is 3.75. The smallest absolute Gasteiger partial charge is 0.228 e. The Bertz CT molecular complexity index is 445. The zero-order valence-electron chi connectivity index (χ0n) is 8.73. The van der Waals surface area contributed by atoms with Gasteiger partial charge >= 0.3 is 0 Å². The number of rotatable bonds is 3. The van der Waals surface area contributed by atoms with E-state index in [0.29, 0.717) is 18.1 Å². The molecule has 0 saturated carbocycles. The maximum Gasteiger partial charge on any atom is 0.228 e. The Balaban J connectivity index is 2.24. The van der Waals surface area contributed by atoms with Gasteiger partial charge in [-0.05, 0) is 19.9 Å². The molecule has 0 radical (unpaired) electrons. The highest BCUT2D eigenvalue weighted by molar-refractivity contribution is 5.56. The predicted octanol–water partition coefficient (Wildman–Crippen LogP) is 1.53. The summed E-state index contributed by atoms with van der Waals surface area (Å²) in [5.41, 5.74) is 6.49. The van der Waals surface area contributed by atoms with Crippen molar-refractivity contribution in [2.75, 3.05) is 0 Å². The van der Waals surface area contributed by atoms with Gasteiger partial charge < -0.3 is 14.7 Å². The summed E-state index contributed by atoms with van der Waals surface area (Å²) in [6, 6.07) is 1.83. The van der Waals surface area contributed by atoms with E-state index in [4.69, 9.17) is 14.7 Å². The lowest BCUT2D eigenvalue weighted by molar-refractivity contribution is 0.372. The van der Waals surface area contributed by atoms with Crippen LogP contribution in [0.3, 0.4) is 0 Å². The van der Waals surface area contributed by atoms with Crippen molar-refractivity contribution in [3.05, 3.63) is 24.0 Å². The third-order valence-corrected chi connectivity index (χ3v) is 2.06. The zero-order valence-corrected chi connectivity index (χ0v) is 8.73. The standard InChI is InChI=1S/C10H13N3O2/c1-6(11)5-9-12-10(13-15-9)8-3-4-14-7(8)2/h3-4,6H,5,11H2,1-2H3. The predicted molar refractivity (Wildman–Crippen MR) is 54.1 cm³/mol. The van der Waals surface area contributed by atoms with Crippen LogP contribution < -0.4 is 5.73 Å². The van der Waals surface area contributed by atoms with Crippen LogP contribution in [0.2, 0.25) is 0 Å². The van der Waals surface area contributed by atoms with E-state index in [1.165, 1.54) is 0 Å². The number of nitrogens with zero attached hydrogens (tertiary/aromatic N) is 2. The van der Waals surface area contributed by atoms with E-state index in [0.717, 1.165) is 11.3 Å². The molecule has 0 aliphatic rings. The average Bonchev–Trinajstić information content (AvgIpc) is 2.72. The van der Waals surface area contributed by atoms with Gasteiger partial charge in [0.15, 0.2) is 0 Å². The van der Waals surface area contributed by atoms with E-state index in [1.807, 2.05) is 19.9 Å². The van der Waals surface area contributed by atoms with Crippen LogP contribution in [0, 0.1) is 6.92 Å². The van der Waals surface area contributed by atoms with Gasteiger partial charge in [0.1, 0.15) is 5.76 Å². The number of hydrogen-bond acceptors (Lipinski definition) is 5. The summed E-state index contributed by atoms with van der Waals surface area (Å²) >= 11 is 0. The molecule has 15 heavy (non-hydrogen) atoms. The van der Waals surface area contributed by atoms with Crippen molar-refractivity contribution in [3.8, 4) is 11.4 Å². The molecule has 0 amide bonds. The molecule has 2 N–H and O–H groups in total. The Kier molecular flexibility index (Phi) is 2.55. The SMILES string of the molecule is Cc1occc1-c1noc(CC(C)N)n1. The molecular weight excluding hydrogens is 194 g/mol. The number of furan rings is 1. The molecule has 2 rings (SSSR count). The molecule has 2 aromatic rings. The van der Waals surface area contributed by atoms with Gasteiger partial charge in [-0.15, -0.1) is 0 Å². The highest BCUT2D eigenvalue weighted by atomic mass is 16.5. The van der Waals surface area contributed by atoms with E-state index in [-0.39, 0.29) is 6.04 Å². The topological polar surface area (TPSA) is 78.1 Å². The third-order valence-electron chi connectivity index (χ3n) is 2.06. The van der Waals surface area contributed by atoms with Gasteiger partial charge in [-0.25, -0.2) is 0 Å². The van der Waals surface area contributed by atoms with Crippen molar-refractivity contribution in [3.63, 3.8) is 0 Å². The molecule has 0 aliphatic heterocycles. The molecule has 0 saturated heterocycles. The van der Waals surface area contributed by atoms with Gasteiger partial charge in [0, 0.05) is 12.5 Å². The summed E-state index contributed by atoms with van der Waals surface area (Å²) in [5, 5.41) is 3.87. The molecule has 5 heteroatoms. The molecule has 0 fully saturated rings. The van der Waals surface area contributed by atoms with Crippen LogP contribution >= 0.6 is 0 Å². The molecule has 2 aromatic heterocycles. The van der Waals surface area contributed by atoms with E-state index in [9.17, 15) is 0 Å². The summed E-state index contributed by atoms with van der Waals surface area (Å²) in [5.74, 6) is 1.89. The van der Waals surface area contributed by atoms with E-state index in [1.54, 1.807) is 6.26 Å². The molecule has 5 nitrogen and oxygen atoms in total. The maximum atomic E-state index is 5.64. The summed E-state index contributed by atoms with van der Waals surface area (Å²) in [4.78, 5) is 4.24. The van der Waals surface area contributed by atoms with E-state index < -0.39 is 0 Å². The van der Waals surface area contributed by atoms with Gasteiger partial charge in [-0.1, -0.05) is 5.16 Å². The van der Waals surface area contributed by atoms with Crippen molar-refractivity contribution in [2.45, 2.75) is 26.3 Å². The van der Waals surface area contributed by atoms with Crippen LogP contribution in [0.15, 0.2) is 21.3 Å². The fourth-order valence-corrected chi connectivity index (χ4v) is 1.34. The van der Waals surface area contributed by atoms with Gasteiger partial charge in [-0.3, -0.25) is 0 Å². The zero-order chi connectivity index (χ0) is 10.8. The van der Waals surface area contributed by atoms with Crippen LogP contribution in [-0.2, 0) is 6.42 Å². The van der Waals surface area contributed by atoms with Crippen LogP contribution in [0.4, 0.5) is 0 Å². The van der Waals surface area contributed by atoms with Crippen molar-refractivity contribution in [2.24, 2.45) is 5.73 Å². The van der Waals surface area contributed by atoms with Crippen LogP contribution in [0.5, 0.6) is 0 Å². The monoisotopic (exact) mass is 207 g/mol. The molecule has 1 atom stereocenters. The Morgan fingerprint density at radius 3 is 2.93 bits per heavy atom. The fourth-order valence-electron chi connectivity index (χ4n) is 1.34. The second kappa shape index (κ2) is 3.86. The van der Waals surface area contributed by atoms with E-state index in [2.05, 4.69) is 10.1 Å². The average molecular weight is 207 g/mol. The fraction of sp³-hybridized carbons (Fsp3) is 0.400. The number of nitrogens with two attached hydrogens (primary N) is 1. The normalized spacial score (nSPS) is 13.0. The first-order valence-electron chi connectivity index (χ1n) is 4.79. The van der Waals surface area contributed by atoms with Crippen molar-refractivity contribution < 1.29 is 8.94 Å². The van der Waals surface area contributed by atoms with Gasteiger partial charge in [0.2, 0.25) is 11.7 Å². The van der Waals surface area contributed by atoms with Crippen molar-refractivity contribution >= 4 is 0 Å². The Morgan fingerprint density at radius 2 is 2.33 bits per heavy atom. The summed E-state index contributed by atoms with van der Waals surface area (Å²) < 4.78 is 10.2. The van der Waals surface area contributed by atoms with Gasteiger partial charge in [0.05, 0.1) is 11.8 Å². The largest absolute Gasteiger partial charge is 0.469 e. The molecule has 2 heterocycles. The molecular formula is C10H13N3O2. The Hall–Kier alpha value is -1.62. The highest BCUT2D eigenvalue weighted by Crippen LogP contribution is 2.21. The lowest BCUT2D eigenvalue weighted by Gasteiger charge is -1.96. The molecule has 0 bridgehead atoms. The number of aromatic nitrogens is 2. The molecule has 0 aromatic carbocycles. The first-order chi connectivity index (χ1) is 7.16. The second-order valence-corrected chi connectivity index (χ2v) is 3.58. The third kappa shape index (κ3) is 2.07. The molecule has 1 unspecified atom stereocenters. The number of hydrogen-bond donors (Lipinski definition) is 1. The quantitative estimate of drug-likeness (QED) is 0.825. The lowest BCUT2D eigenvalue weighted by Crippen LogP contribution is -2.17. The molecule has 0 aliphatic carbocycles. The van der Waals surface area contributed by atoms with Crippen LogP contribution in [0.25, 0.3) is 11.4 Å². The summed E-state index contributed by atoms with van der Waals surface area (Å²) in [7, 11) is 0. The lowest BCUT2D eigenvalue weighted by atomic mass is 10.2. The van der Waals surface area contributed by atoms with Gasteiger partial charge in [0.25, 0.3) is 0 Å². The molecule has 80 valence electrons. The Labute approximate surface area is 87.3 Å². The Morgan fingerprint density at radius 1 is 1.53 bits per heavy atom.